The number of benzene rings is 2. The number of aryl methyl sites for hydroxylation is 1. The molecule has 1 aliphatic rings. The largest absolute Gasteiger partial charge is 0.481 e. The molecule has 1 aliphatic carbocycles. The van der Waals surface area contributed by atoms with Gasteiger partial charge in [0.2, 0.25) is 0 Å². The van der Waals surface area contributed by atoms with Crippen LogP contribution in [0.15, 0.2) is 54.6 Å². The number of hydrogen-bond donors (Lipinski definition) is 1. The molecule has 1 amide bonds. The second-order valence-electron chi connectivity index (χ2n) is 6.31. The Labute approximate surface area is 137 Å². The molecule has 0 saturated heterocycles. The molecule has 3 rings (SSSR count). The molecule has 23 heavy (non-hydrogen) atoms. The van der Waals surface area contributed by atoms with Crippen LogP contribution in [0.4, 0.5) is 0 Å². The van der Waals surface area contributed by atoms with Crippen molar-refractivity contribution in [2.45, 2.75) is 38.8 Å². The Hall–Kier alpha value is -2.29. The number of para-hydroxylation sites is 1. The molecule has 120 valence electrons. The lowest BCUT2D eigenvalue weighted by Gasteiger charge is -2.22. The second kappa shape index (κ2) is 6.86. The molecule has 3 nitrogen and oxygen atoms in total. The zero-order chi connectivity index (χ0) is 16.2. The van der Waals surface area contributed by atoms with Crippen molar-refractivity contribution in [3.8, 4) is 5.75 Å². The lowest BCUT2D eigenvalue weighted by atomic mass is 10.0. The normalized spacial score (nSPS) is 16.4. The van der Waals surface area contributed by atoms with E-state index < -0.39 is 6.10 Å². The third-order valence-electron chi connectivity index (χ3n) is 4.25. The lowest BCUT2D eigenvalue weighted by Crippen LogP contribution is -2.39. The molecule has 2 unspecified atom stereocenters. The van der Waals surface area contributed by atoms with E-state index in [1.807, 2.05) is 30.3 Å². The van der Waals surface area contributed by atoms with Gasteiger partial charge in [0, 0.05) is 0 Å². The van der Waals surface area contributed by atoms with Gasteiger partial charge in [0.15, 0.2) is 6.10 Å². The fourth-order valence-corrected chi connectivity index (χ4v) is 2.70. The van der Waals surface area contributed by atoms with E-state index in [1.54, 1.807) is 6.92 Å². The maximum absolute atomic E-state index is 12.5. The Balaban J connectivity index is 1.65. The molecular weight excluding hydrogens is 286 g/mol. The van der Waals surface area contributed by atoms with Gasteiger partial charge in [0.25, 0.3) is 5.91 Å². The highest BCUT2D eigenvalue weighted by molar-refractivity contribution is 5.81. The van der Waals surface area contributed by atoms with Crippen molar-refractivity contribution in [2.24, 2.45) is 5.92 Å². The minimum atomic E-state index is -0.510. The Morgan fingerprint density at radius 3 is 2.35 bits per heavy atom. The van der Waals surface area contributed by atoms with E-state index in [9.17, 15) is 4.79 Å². The molecule has 1 saturated carbocycles. The van der Waals surface area contributed by atoms with Crippen molar-refractivity contribution < 1.29 is 9.53 Å². The van der Waals surface area contributed by atoms with E-state index in [0.717, 1.165) is 0 Å². The van der Waals surface area contributed by atoms with Gasteiger partial charge in [0.1, 0.15) is 5.75 Å². The third-order valence-corrected chi connectivity index (χ3v) is 4.25. The number of hydrogen-bond acceptors (Lipinski definition) is 2. The monoisotopic (exact) mass is 309 g/mol. The van der Waals surface area contributed by atoms with Gasteiger partial charge in [-0.3, -0.25) is 4.79 Å². The molecule has 0 heterocycles. The van der Waals surface area contributed by atoms with Crippen LogP contribution in [0.3, 0.4) is 0 Å². The maximum Gasteiger partial charge on any atom is 0.261 e. The topological polar surface area (TPSA) is 38.3 Å². The maximum atomic E-state index is 12.5. The van der Waals surface area contributed by atoms with Crippen LogP contribution in [0.5, 0.6) is 5.75 Å². The highest BCUT2D eigenvalue weighted by Gasteiger charge is 2.34. The minimum Gasteiger partial charge on any atom is -0.481 e. The van der Waals surface area contributed by atoms with Crippen LogP contribution in [0, 0.1) is 12.8 Å². The van der Waals surface area contributed by atoms with Crippen molar-refractivity contribution in [1.82, 2.24) is 5.32 Å². The first-order valence-corrected chi connectivity index (χ1v) is 8.22. The average molecular weight is 309 g/mol. The van der Waals surface area contributed by atoms with Crippen LogP contribution >= 0.6 is 0 Å². The second-order valence-corrected chi connectivity index (χ2v) is 6.31. The number of ether oxygens (including phenoxy) is 1. The summed E-state index contributed by atoms with van der Waals surface area (Å²) in [5.41, 5.74) is 2.41. The van der Waals surface area contributed by atoms with Gasteiger partial charge in [-0.2, -0.15) is 0 Å². The van der Waals surface area contributed by atoms with Crippen LogP contribution in [0.25, 0.3) is 0 Å². The van der Waals surface area contributed by atoms with Gasteiger partial charge in [-0.15, -0.1) is 0 Å². The molecule has 0 bridgehead atoms. The number of nitrogens with one attached hydrogen (secondary N) is 1. The zero-order valence-electron chi connectivity index (χ0n) is 13.7. The first kappa shape index (κ1) is 15.6. The molecule has 0 aliphatic heterocycles. The van der Waals surface area contributed by atoms with Gasteiger partial charge in [-0.25, -0.2) is 0 Å². The first-order valence-electron chi connectivity index (χ1n) is 8.22. The van der Waals surface area contributed by atoms with Gasteiger partial charge in [-0.1, -0.05) is 48.0 Å². The predicted octanol–water partition coefficient (Wildman–Crippen LogP) is 4.03. The summed E-state index contributed by atoms with van der Waals surface area (Å²) in [6.45, 7) is 3.87. The fourth-order valence-electron chi connectivity index (χ4n) is 2.70. The van der Waals surface area contributed by atoms with E-state index in [2.05, 4.69) is 36.5 Å². The molecule has 0 spiro atoms. The Kier molecular flexibility index (Phi) is 4.65. The van der Waals surface area contributed by atoms with Crippen LogP contribution < -0.4 is 10.1 Å². The molecular formula is C20H23NO2. The van der Waals surface area contributed by atoms with Crippen molar-refractivity contribution in [1.29, 1.82) is 0 Å². The van der Waals surface area contributed by atoms with Crippen LogP contribution in [-0.2, 0) is 4.79 Å². The predicted molar refractivity (Wildman–Crippen MR) is 91.3 cm³/mol. The smallest absolute Gasteiger partial charge is 0.261 e. The summed E-state index contributed by atoms with van der Waals surface area (Å²) in [4.78, 5) is 12.5. The summed E-state index contributed by atoms with van der Waals surface area (Å²) in [6, 6.07) is 18.0. The molecule has 0 radical (unpaired) electrons. The van der Waals surface area contributed by atoms with E-state index in [4.69, 9.17) is 4.74 Å². The molecule has 2 aromatic carbocycles. The Morgan fingerprint density at radius 2 is 1.74 bits per heavy atom. The standard InChI is InChI=1S/C20H23NO2/c1-14-8-10-16(11-9-14)19(17-12-13-17)21-20(22)15(2)23-18-6-4-3-5-7-18/h3-11,15,17,19H,12-13H2,1-2H3,(H,21,22). The molecule has 1 fully saturated rings. The average Bonchev–Trinajstić information content (AvgIpc) is 3.39. The highest BCUT2D eigenvalue weighted by atomic mass is 16.5. The van der Waals surface area contributed by atoms with E-state index in [0.29, 0.717) is 11.7 Å². The summed E-state index contributed by atoms with van der Waals surface area (Å²) in [5.74, 6) is 1.20. The van der Waals surface area contributed by atoms with E-state index >= 15 is 0 Å². The van der Waals surface area contributed by atoms with Crippen LogP contribution in [-0.4, -0.2) is 12.0 Å². The summed E-state index contributed by atoms with van der Waals surface area (Å²) in [5, 5.41) is 3.17. The van der Waals surface area contributed by atoms with Crippen molar-refractivity contribution in [3.63, 3.8) is 0 Å². The SMILES string of the molecule is Cc1ccc(C(NC(=O)C(C)Oc2ccccc2)C2CC2)cc1. The lowest BCUT2D eigenvalue weighted by molar-refractivity contribution is -0.128. The number of carbonyl (C=O) groups is 1. The van der Waals surface area contributed by atoms with Crippen molar-refractivity contribution in [3.05, 3.63) is 65.7 Å². The number of rotatable bonds is 6. The Bertz CT molecular complexity index is 647. The highest BCUT2D eigenvalue weighted by Crippen LogP contribution is 2.41. The van der Waals surface area contributed by atoms with Crippen molar-refractivity contribution >= 4 is 5.91 Å². The van der Waals surface area contributed by atoms with Crippen molar-refractivity contribution in [2.75, 3.05) is 0 Å². The van der Waals surface area contributed by atoms with Gasteiger partial charge < -0.3 is 10.1 Å². The summed E-state index contributed by atoms with van der Waals surface area (Å²) >= 11 is 0. The van der Waals surface area contributed by atoms with Gasteiger partial charge in [0.05, 0.1) is 6.04 Å². The van der Waals surface area contributed by atoms with E-state index in [1.165, 1.54) is 24.0 Å². The van der Waals surface area contributed by atoms with E-state index in [-0.39, 0.29) is 11.9 Å². The third kappa shape index (κ3) is 4.13. The first-order chi connectivity index (χ1) is 11.1. The number of amides is 1. The quantitative estimate of drug-likeness (QED) is 0.875. The van der Waals surface area contributed by atoms with Crippen LogP contribution in [0.1, 0.15) is 36.9 Å². The molecule has 2 atom stereocenters. The summed E-state index contributed by atoms with van der Waals surface area (Å²) in [6.07, 6.45) is 1.84. The minimum absolute atomic E-state index is 0.0636. The van der Waals surface area contributed by atoms with Crippen LogP contribution in [0.2, 0.25) is 0 Å². The molecule has 3 heteroatoms. The Morgan fingerprint density at radius 1 is 1.09 bits per heavy atom. The van der Waals surface area contributed by atoms with Gasteiger partial charge >= 0.3 is 0 Å². The fraction of sp³-hybridized carbons (Fsp3) is 0.350. The molecule has 0 aromatic heterocycles. The van der Waals surface area contributed by atoms with Gasteiger partial charge in [-0.05, 0) is 50.3 Å². The summed E-state index contributed by atoms with van der Waals surface area (Å²) < 4.78 is 5.72. The summed E-state index contributed by atoms with van der Waals surface area (Å²) in [7, 11) is 0. The number of carbonyl (C=O) groups excluding carboxylic acids is 1. The molecule has 1 N–H and O–H groups in total. The molecule has 2 aromatic rings. The zero-order valence-corrected chi connectivity index (χ0v) is 13.7.